The van der Waals surface area contributed by atoms with E-state index in [2.05, 4.69) is 35.6 Å². The van der Waals surface area contributed by atoms with Crippen molar-refractivity contribution in [2.45, 2.75) is 18.9 Å². The maximum Gasteiger partial charge on any atom is 0.233 e. The first-order chi connectivity index (χ1) is 11.8. The molecule has 3 heterocycles. The molecule has 3 aromatic heterocycles. The fourth-order valence-corrected chi connectivity index (χ4v) is 2.77. The number of aryl methyl sites for hydroxylation is 1. The highest BCUT2D eigenvalue weighted by Gasteiger charge is 2.23. The normalized spacial score (nSPS) is 14.4. The van der Waals surface area contributed by atoms with Crippen LogP contribution in [0.1, 0.15) is 12.8 Å². The number of aromatic amines is 1. The van der Waals surface area contributed by atoms with Gasteiger partial charge in [-0.1, -0.05) is 12.1 Å². The lowest BCUT2D eigenvalue weighted by Gasteiger charge is -2.08. The van der Waals surface area contributed by atoms with Crippen molar-refractivity contribution in [3.63, 3.8) is 0 Å². The Kier molecular flexibility index (Phi) is 2.72. The lowest BCUT2D eigenvalue weighted by atomic mass is 10.3. The molecule has 1 saturated carbocycles. The van der Waals surface area contributed by atoms with Crippen molar-refractivity contribution < 1.29 is 0 Å². The van der Waals surface area contributed by atoms with Gasteiger partial charge in [0.25, 0.3) is 0 Å². The third-order valence-corrected chi connectivity index (χ3v) is 4.21. The molecule has 0 amide bonds. The fraction of sp³-hybridized carbons (Fsp3) is 0.250. The van der Waals surface area contributed by atoms with Gasteiger partial charge in [0.1, 0.15) is 5.52 Å². The van der Waals surface area contributed by atoms with Gasteiger partial charge in [0.05, 0.1) is 17.4 Å². The molecule has 1 fully saturated rings. The van der Waals surface area contributed by atoms with E-state index >= 15 is 0 Å². The van der Waals surface area contributed by atoms with E-state index in [1.54, 1.807) is 6.33 Å². The first-order valence-electron chi connectivity index (χ1n) is 7.94. The van der Waals surface area contributed by atoms with Gasteiger partial charge in [-0.05, 0) is 25.0 Å². The van der Waals surface area contributed by atoms with E-state index in [1.165, 1.54) is 12.8 Å². The summed E-state index contributed by atoms with van der Waals surface area (Å²) < 4.78 is 1.99. The standard InChI is InChI=1S/C16H16N8/c1-24-11-5-3-2-4-10(11)20-16(24)23-15-21-13-12(17-8-18-13)14(22-15)19-9-6-7-9/h2-5,8-9H,6-7H2,1H3,(H3,17,18,19,20,21,22,23). The molecule has 8 heteroatoms. The summed E-state index contributed by atoms with van der Waals surface area (Å²) in [5.41, 5.74) is 3.45. The van der Waals surface area contributed by atoms with Crippen LogP contribution in [-0.2, 0) is 7.05 Å². The first-order valence-corrected chi connectivity index (χ1v) is 7.94. The Morgan fingerprint density at radius 3 is 2.88 bits per heavy atom. The van der Waals surface area contributed by atoms with Crippen LogP contribution in [0.25, 0.3) is 22.2 Å². The first kappa shape index (κ1) is 13.3. The second kappa shape index (κ2) is 4.92. The fourth-order valence-electron chi connectivity index (χ4n) is 2.77. The van der Waals surface area contributed by atoms with Crippen LogP contribution in [0.5, 0.6) is 0 Å². The number of H-pyrrole nitrogens is 1. The Morgan fingerprint density at radius 2 is 2.04 bits per heavy atom. The molecular formula is C16H16N8. The van der Waals surface area contributed by atoms with E-state index in [0.717, 1.165) is 22.4 Å². The Bertz CT molecular complexity index is 1040. The largest absolute Gasteiger partial charge is 0.365 e. The Morgan fingerprint density at radius 1 is 1.17 bits per heavy atom. The molecule has 4 aromatic rings. The topological polar surface area (TPSA) is 96.3 Å². The molecule has 8 nitrogen and oxygen atoms in total. The third-order valence-electron chi connectivity index (χ3n) is 4.21. The number of fused-ring (bicyclic) bond motifs is 2. The summed E-state index contributed by atoms with van der Waals surface area (Å²) in [5, 5.41) is 6.64. The molecule has 1 aliphatic rings. The van der Waals surface area contributed by atoms with E-state index in [9.17, 15) is 0 Å². The zero-order chi connectivity index (χ0) is 16.1. The van der Waals surface area contributed by atoms with Crippen LogP contribution in [0.4, 0.5) is 17.7 Å². The SMILES string of the molecule is Cn1c(Nc2nc(NC3CC3)c3[nH]cnc3n2)nc2ccccc21. The lowest BCUT2D eigenvalue weighted by Crippen LogP contribution is -2.08. The number of para-hydroxylation sites is 2. The number of aromatic nitrogens is 6. The van der Waals surface area contributed by atoms with E-state index in [-0.39, 0.29) is 0 Å². The molecule has 0 saturated heterocycles. The lowest BCUT2D eigenvalue weighted by molar-refractivity contribution is 0.950. The van der Waals surface area contributed by atoms with Crippen LogP contribution in [0, 0.1) is 0 Å². The molecular weight excluding hydrogens is 304 g/mol. The summed E-state index contributed by atoms with van der Waals surface area (Å²) in [4.78, 5) is 21.0. The molecule has 0 unspecified atom stereocenters. The summed E-state index contributed by atoms with van der Waals surface area (Å²) in [6.45, 7) is 0. The molecule has 120 valence electrons. The van der Waals surface area contributed by atoms with Gasteiger partial charge >= 0.3 is 0 Å². The molecule has 1 aliphatic carbocycles. The van der Waals surface area contributed by atoms with E-state index in [4.69, 9.17) is 0 Å². The molecule has 1 aromatic carbocycles. The van der Waals surface area contributed by atoms with Gasteiger partial charge in [-0.25, -0.2) is 9.97 Å². The zero-order valence-corrected chi connectivity index (χ0v) is 13.1. The number of hydrogen-bond acceptors (Lipinski definition) is 6. The summed E-state index contributed by atoms with van der Waals surface area (Å²) >= 11 is 0. The highest BCUT2D eigenvalue weighted by molar-refractivity contribution is 5.84. The molecule has 0 aliphatic heterocycles. The second-order valence-electron chi connectivity index (χ2n) is 6.02. The van der Waals surface area contributed by atoms with Crippen molar-refractivity contribution in [2.75, 3.05) is 10.6 Å². The number of rotatable bonds is 4. The number of nitrogens with one attached hydrogen (secondary N) is 3. The van der Waals surface area contributed by atoms with Crippen LogP contribution in [0.2, 0.25) is 0 Å². The van der Waals surface area contributed by atoms with E-state index in [1.807, 2.05) is 35.9 Å². The second-order valence-corrected chi connectivity index (χ2v) is 6.02. The maximum absolute atomic E-state index is 4.60. The van der Waals surface area contributed by atoms with Crippen LogP contribution in [0.3, 0.4) is 0 Å². The quantitative estimate of drug-likeness (QED) is 0.535. The van der Waals surface area contributed by atoms with Gasteiger partial charge in [0, 0.05) is 13.1 Å². The van der Waals surface area contributed by atoms with Gasteiger partial charge in [-0.3, -0.25) is 5.32 Å². The van der Waals surface area contributed by atoms with Crippen LogP contribution >= 0.6 is 0 Å². The number of nitrogens with zero attached hydrogens (tertiary/aromatic N) is 5. The Labute approximate surface area is 137 Å². The van der Waals surface area contributed by atoms with Crippen molar-refractivity contribution in [1.82, 2.24) is 29.5 Å². The predicted octanol–water partition coefficient (Wildman–Crippen LogP) is 2.56. The van der Waals surface area contributed by atoms with E-state index in [0.29, 0.717) is 23.6 Å². The molecule has 5 rings (SSSR count). The molecule has 24 heavy (non-hydrogen) atoms. The minimum atomic E-state index is 0.483. The van der Waals surface area contributed by atoms with Crippen molar-refractivity contribution >= 4 is 39.9 Å². The number of benzene rings is 1. The highest BCUT2D eigenvalue weighted by atomic mass is 15.3. The summed E-state index contributed by atoms with van der Waals surface area (Å²) in [6, 6.07) is 8.49. The molecule has 0 spiro atoms. The summed E-state index contributed by atoms with van der Waals surface area (Å²) in [7, 11) is 1.97. The van der Waals surface area contributed by atoms with Crippen molar-refractivity contribution in [1.29, 1.82) is 0 Å². The summed E-state index contributed by atoms with van der Waals surface area (Å²) in [5.74, 6) is 1.96. The minimum Gasteiger partial charge on any atom is -0.365 e. The molecule has 0 atom stereocenters. The summed E-state index contributed by atoms with van der Waals surface area (Å²) in [6.07, 6.45) is 3.98. The van der Waals surface area contributed by atoms with Gasteiger partial charge < -0.3 is 14.9 Å². The van der Waals surface area contributed by atoms with Gasteiger partial charge in [0.2, 0.25) is 11.9 Å². The van der Waals surface area contributed by atoms with Crippen molar-refractivity contribution in [2.24, 2.45) is 7.05 Å². The third kappa shape index (κ3) is 2.15. The van der Waals surface area contributed by atoms with Crippen LogP contribution < -0.4 is 10.6 Å². The van der Waals surface area contributed by atoms with Gasteiger partial charge in [-0.2, -0.15) is 9.97 Å². The van der Waals surface area contributed by atoms with Gasteiger partial charge in [0.15, 0.2) is 11.5 Å². The monoisotopic (exact) mass is 320 g/mol. The Balaban J connectivity index is 1.56. The number of imidazole rings is 2. The number of anilines is 3. The molecule has 0 bridgehead atoms. The number of hydrogen-bond donors (Lipinski definition) is 3. The minimum absolute atomic E-state index is 0.483. The molecule has 0 radical (unpaired) electrons. The average molecular weight is 320 g/mol. The van der Waals surface area contributed by atoms with Crippen molar-refractivity contribution in [3.8, 4) is 0 Å². The maximum atomic E-state index is 4.60. The molecule has 3 N–H and O–H groups in total. The smallest absolute Gasteiger partial charge is 0.233 e. The zero-order valence-electron chi connectivity index (χ0n) is 13.1. The highest BCUT2D eigenvalue weighted by Crippen LogP contribution is 2.28. The Hall–Kier alpha value is -3.16. The van der Waals surface area contributed by atoms with Crippen molar-refractivity contribution in [3.05, 3.63) is 30.6 Å². The van der Waals surface area contributed by atoms with Crippen LogP contribution in [-0.4, -0.2) is 35.5 Å². The van der Waals surface area contributed by atoms with Crippen LogP contribution in [0.15, 0.2) is 30.6 Å². The van der Waals surface area contributed by atoms with Gasteiger partial charge in [-0.15, -0.1) is 0 Å². The van der Waals surface area contributed by atoms with E-state index < -0.39 is 0 Å². The average Bonchev–Trinajstić information content (AvgIpc) is 3.17. The predicted molar refractivity (Wildman–Crippen MR) is 92.3 cm³/mol.